The number of piperidine rings is 1. The number of aromatic nitrogens is 2. The molecule has 186 valence electrons. The van der Waals surface area contributed by atoms with E-state index < -0.39 is 11.6 Å². The number of H-pyrrole nitrogens is 1. The molecule has 1 aliphatic carbocycles. The molecule has 2 aliphatic heterocycles. The van der Waals surface area contributed by atoms with Crippen molar-refractivity contribution in [1.29, 1.82) is 0 Å². The summed E-state index contributed by atoms with van der Waals surface area (Å²) in [7, 11) is 0. The number of nitrogens with zero attached hydrogens (tertiary/aromatic N) is 3. The maximum Gasteiger partial charge on any atom is 0.325 e. The number of carbonyl (C=O) groups is 3. The van der Waals surface area contributed by atoms with Gasteiger partial charge in [0.05, 0.1) is 0 Å². The minimum absolute atomic E-state index is 0.117. The van der Waals surface area contributed by atoms with Gasteiger partial charge in [-0.2, -0.15) is 5.10 Å². The summed E-state index contributed by atoms with van der Waals surface area (Å²) in [6.45, 7) is 5.18. The van der Waals surface area contributed by atoms with Gasteiger partial charge in [-0.1, -0.05) is 26.0 Å². The van der Waals surface area contributed by atoms with Crippen LogP contribution < -0.4 is 5.32 Å². The van der Waals surface area contributed by atoms with Crippen molar-refractivity contribution in [2.24, 2.45) is 11.8 Å². The van der Waals surface area contributed by atoms with Crippen LogP contribution in [0, 0.1) is 17.7 Å². The number of nitrogens with one attached hydrogen (secondary N) is 2. The molecule has 0 radical (unpaired) electrons. The van der Waals surface area contributed by atoms with Gasteiger partial charge in [-0.05, 0) is 61.3 Å². The zero-order valence-electron chi connectivity index (χ0n) is 20.2. The Kier molecular flexibility index (Phi) is 6.11. The molecule has 3 fully saturated rings. The maximum absolute atomic E-state index is 14.0. The first-order valence-corrected chi connectivity index (χ1v) is 12.5. The fraction of sp³-hybridized carbons (Fsp3) is 0.538. The highest BCUT2D eigenvalue weighted by molar-refractivity contribution is 6.07. The third kappa shape index (κ3) is 4.56. The number of amides is 4. The van der Waals surface area contributed by atoms with Gasteiger partial charge in [0.15, 0.2) is 0 Å². The Hall–Kier alpha value is -3.23. The van der Waals surface area contributed by atoms with Crippen LogP contribution in [0.2, 0.25) is 0 Å². The zero-order chi connectivity index (χ0) is 24.7. The lowest BCUT2D eigenvalue weighted by molar-refractivity contribution is -0.134. The number of hydrogen-bond acceptors (Lipinski definition) is 4. The standard InChI is InChI=1S/C26H32FN5O3/c1-16(2)15-32-24(34)26(28-25(32)35,14-17-4-3-5-20(27)12-17)19-8-10-31(11-9-19)23(33)22-13-21(29-30-22)18-6-7-18/h3-5,12-13,16,18-19H,6-11,14-15H2,1-2H3,(H,28,35)(H,29,30)/t26-/m0/s1. The van der Waals surface area contributed by atoms with Gasteiger partial charge < -0.3 is 10.2 Å². The second-order valence-corrected chi connectivity index (χ2v) is 10.6. The summed E-state index contributed by atoms with van der Waals surface area (Å²) < 4.78 is 14.0. The molecule has 1 aromatic carbocycles. The number of urea groups is 1. The fourth-order valence-electron chi connectivity index (χ4n) is 5.47. The highest BCUT2D eigenvalue weighted by Crippen LogP contribution is 2.40. The van der Waals surface area contributed by atoms with Crippen LogP contribution in [0.5, 0.6) is 0 Å². The average molecular weight is 482 g/mol. The van der Waals surface area contributed by atoms with E-state index in [2.05, 4.69) is 15.5 Å². The zero-order valence-corrected chi connectivity index (χ0v) is 20.2. The van der Waals surface area contributed by atoms with Gasteiger partial charge in [-0.15, -0.1) is 0 Å². The minimum Gasteiger partial charge on any atom is -0.337 e. The SMILES string of the molecule is CC(C)CN1C(=O)N[C@@](Cc2cccc(F)c2)(C2CCN(C(=O)c3cc(C4CC4)[nH]n3)CC2)C1=O. The highest BCUT2D eigenvalue weighted by Gasteiger charge is 2.56. The monoisotopic (exact) mass is 481 g/mol. The van der Waals surface area contributed by atoms with Crippen LogP contribution >= 0.6 is 0 Å². The van der Waals surface area contributed by atoms with Crippen molar-refractivity contribution in [3.05, 3.63) is 53.1 Å². The van der Waals surface area contributed by atoms with Gasteiger partial charge >= 0.3 is 6.03 Å². The van der Waals surface area contributed by atoms with Gasteiger partial charge in [-0.25, -0.2) is 9.18 Å². The largest absolute Gasteiger partial charge is 0.337 e. The smallest absolute Gasteiger partial charge is 0.325 e. The van der Waals surface area contributed by atoms with Crippen molar-refractivity contribution in [1.82, 2.24) is 25.3 Å². The first-order chi connectivity index (χ1) is 16.8. The highest BCUT2D eigenvalue weighted by atomic mass is 19.1. The molecule has 1 saturated carbocycles. The van der Waals surface area contributed by atoms with Crippen molar-refractivity contribution < 1.29 is 18.8 Å². The van der Waals surface area contributed by atoms with Crippen molar-refractivity contribution in [2.45, 2.75) is 57.4 Å². The lowest BCUT2D eigenvalue weighted by atomic mass is 9.73. The van der Waals surface area contributed by atoms with Crippen LogP contribution in [-0.2, 0) is 11.2 Å². The molecule has 2 saturated heterocycles. The first kappa shape index (κ1) is 23.5. The molecule has 0 spiro atoms. The summed E-state index contributed by atoms with van der Waals surface area (Å²) in [5.74, 6) is -0.310. The summed E-state index contributed by atoms with van der Waals surface area (Å²) in [6.07, 6.45) is 3.59. The van der Waals surface area contributed by atoms with Crippen LogP contribution in [0.25, 0.3) is 0 Å². The number of aromatic amines is 1. The second-order valence-electron chi connectivity index (χ2n) is 10.6. The molecule has 3 aliphatic rings. The third-order valence-corrected chi connectivity index (χ3v) is 7.43. The Labute approximate surface area is 204 Å². The normalized spacial score (nSPS) is 23.3. The molecular weight excluding hydrogens is 449 g/mol. The Balaban J connectivity index is 1.35. The van der Waals surface area contributed by atoms with Gasteiger partial charge in [0, 0.05) is 37.7 Å². The van der Waals surface area contributed by atoms with E-state index in [4.69, 9.17) is 0 Å². The van der Waals surface area contributed by atoms with E-state index in [1.165, 1.54) is 17.0 Å². The number of hydrogen-bond donors (Lipinski definition) is 2. The Bertz CT molecular complexity index is 1140. The number of carbonyl (C=O) groups excluding carboxylic acids is 3. The molecule has 2 aromatic rings. The van der Waals surface area contributed by atoms with Crippen molar-refractivity contribution in [3.8, 4) is 0 Å². The lowest BCUT2D eigenvalue weighted by Gasteiger charge is -2.41. The molecule has 3 heterocycles. The number of imide groups is 1. The molecule has 8 nitrogen and oxygen atoms in total. The fourth-order valence-corrected chi connectivity index (χ4v) is 5.47. The van der Waals surface area contributed by atoms with Crippen LogP contribution in [-0.4, -0.2) is 63.0 Å². The number of rotatable bonds is 7. The van der Waals surface area contributed by atoms with Crippen LogP contribution in [0.4, 0.5) is 9.18 Å². The van der Waals surface area contributed by atoms with E-state index in [-0.39, 0.29) is 35.9 Å². The maximum atomic E-state index is 14.0. The Morgan fingerprint density at radius 1 is 1.17 bits per heavy atom. The molecule has 5 rings (SSSR count). The molecule has 1 atom stereocenters. The number of likely N-dealkylation sites (tertiary alicyclic amines) is 1. The number of benzene rings is 1. The molecular formula is C26H32FN5O3. The molecule has 9 heteroatoms. The lowest BCUT2D eigenvalue weighted by Crippen LogP contribution is -2.58. The number of halogens is 1. The third-order valence-electron chi connectivity index (χ3n) is 7.43. The summed E-state index contributed by atoms with van der Waals surface area (Å²) in [5.41, 5.74) is 0.947. The predicted molar refractivity (Wildman–Crippen MR) is 127 cm³/mol. The molecule has 35 heavy (non-hydrogen) atoms. The van der Waals surface area contributed by atoms with E-state index >= 15 is 0 Å². The van der Waals surface area contributed by atoms with Crippen LogP contribution in [0.15, 0.2) is 30.3 Å². The van der Waals surface area contributed by atoms with E-state index in [9.17, 15) is 18.8 Å². The van der Waals surface area contributed by atoms with E-state index in [1.54, 1.807) is 17.0 Å². The minimum atomic E-state index is -1.15. The molecule has 0 unspecified atom stereocenters. The van der Waals surface area contributed by atoms with Crippen molar-refractivity contribution in [2.75, 3.05) is 19.6 Å². The summed E-state index contributed by atoms with van der Waals surface area (Å²) in [6, 6.07) is 7.63. The first-order valence-electron chi connectivity index (χ1n) is 12.5. The van der Waals surface area contributed by atoms with Crippen LogP contribution in [0.3, 0.4) is 0 Å². The van der Waals surface area contributed by atoms with Crippen molar-refractivity contribution in [3.63, 3.8) is 0 Å². The quantitative estimate of drug-likeness (QED) is 0.592. The summed E-state index contributed by atoms with van der Waals surface area (Å²) in [5, 5.41) is 10.2. The molecule has 1 aromatic heterocycles. The summed E-state index contributed by atoms with van der Waals surface area (Å²) in [4.78, 5) is 42.7. The Morgan fingerprint density at radius 2 is 1.91 bits per heavy atom. The topological polar surface area (TPSA) is 98.4 Å². The van der Waals surface area contributed by atoms with E-state index in [1.807, 2.05) is 19.9 Å². The van der Waals surface area contributed by atoms with Gasteiger partial charge in [0.1, 0.15) is 17.1 Å². The molecule has 0 bridgehead atoms. The summed E-state index contributed by atoms with van der Waals surface area (Å²) >= 11 is 0. The molecule has 2 N–H and O–H groups in total. The van der Waals surface area contributed by atoms with E-state index in [0.717, 1.165) is 18.5 Å². The van der Waals surface area contributed by atoms with Gasteiger partial charge in [0.25, 0.3) is 11.8 Å². The van der Waals surface area contributed by atoms with E-state index in [0.29, 0.717) is 49.7 Å². The molecule has 4 amide bonds. The van der Waals surface area contributed by atoms with Crippen molar-refractivity contribution >= 4 is 17.8 Å². The predicted octanol–water partition coefficient (Wildman–Crippen LogP) is 3.47. The second kappa shape index (κ2) is 9.09. The Morgan fingerprint density at radius 3 is 2.57 bits per heavy atom. The van der Waals surface area contributed by atoms with Gasteiger partial charge in [-0.3, -0.25) is 19.6 Å². The van der Waals surface area contributed by atoms with Crippen LogP contribution in [0.1, 0.15) is 67.2 Å². The average Bonchev–Trinajstić information content (AvgIpc) is 3.52. The van der Waals surface area contributed by atoms with Gasteiger partial charge in [0.2, 0.25) is 0 Å².